The molecule has 0 aliphatic carbocycles. The number of esters is 1. The monoisotopic (exact) mass is 376 g/mol. The van der Waals surface area contributed by atoms with Crippen molar-refractivity contribution in [1.29, 1.82) is 0 Å². The van der Waals surface area contributed by atoms with Gasteiger partial charge >= 0.3 is 5.97 Å². The van der Waals surface area contributed by atoms with Crippen LogP contribution in [-0.2, 0) is 20.8 Å². The van der Waals surface area contributed by atoms with Crippen LogP contribution in [0.15, 0.2) is 28.2 Å². The molecule has 1 fully saturated rings. The van der Waals surface area contributed by atoms with Crippen molar-refractivity contribution in [3.8, 4) is 0 Å². The van der Waals surface area contributed by atoms with Gasteiger partial charge in [0.25, 0.3) is 5.56 Å². The standard InChI is InChI=1S/C18H20N2O5S/c1-11(21)10-26-18-19-15-8-12(17(23)24-2)5-6-14(15)16(22)20(18)9-13-4-3-7-25-13/h5-6,8,13H,3-4,7,9-10H2,1-2H3/t13-/m0/s1. The first-order valence-electron chi connectivity index (χ1n) is 8.36. The number of benzene rings is 1. The van der Waals surface area contributed by atoms with Crippen molar-refractivity contribution in [2.75, 3.05) is 19.5 Å². The number of carbonyl (C=O) groups excluding carboxylic acids is 2. The van der Waals surface area contributed by atoms with E-state index in [1.54, 1.807) is 16.7 Å². The van der Waals surface area contributed by atoms with E-state index in [2.05, 4.69) is 4.98 Å². The fourth-order valence-electron chi connectivity index (χ4n) is 2.87. The van der Waals surface area contributed by atoms with Gasteiger partial charge in [-0.1, -0.05) is 11.8 Å². The number of methoxy groups -OCH3 is 1. The zero-order valence-corrected chi connectivity index (χ0v) is 15.5. The molecular weight excluding hydrogens is 356 g/mol. The van der Waals surface area contributed by atoms with Gasteiger partial charge in [-0.05, 0) is 38.0 Å². The highest BCUT2D eigenvalue weighted by molar-refractivity contribution is 7.99. The molecule has 0 amide bonds. The Bertz CT molecular complexity index is 902. The minimum atomic E-state index is -0.491. The lowest BCUT2D eigenvalue weighted by Crippen LogP contribution is -2.29. The molecule has 0 bridgehead atoms. The van der Waals surface area contributed by atoms with Gasteiger partial charge in [0.15, 0.2) is 5.16 Å². The highest BCUT2D eigenvalue weighted by atomic mass is 32.2. The van der Waals surface area contributed by atoms with Crippen molar-refractivity contribution in [2.45, 2.75) is 37.6 Å². The lowest BCUT2D eigenvalue weighted by atomic mass is 10.1. The lowest BCUT2D eigenvalue weighted by molar-refractivity contribution is -0.114. The summed E-state index contributed by atoms with van der Waals surface area (Å²) in [5.41, 5.74) is 0.534. The molecule has 1 aliphatic rings. The Morgan fingerprint density at radius 2 is 2.23 bits per heavy atom. The van der Waals surface area contributed by atoms with Gasteiger partial charge in [-0.15, -0.1) is 0 Å². The number of aromatic nitrogens is 2. The minimum absolute atomic E-state index is 0.00340. The number of nitrogens with zero attached hydrogens (tertiary/aromatic N) is 2. The molecule has 0 saturated carbocycles. The van der Waals surface area contributed by atoms with Gasteiger partial charge in [-0.3, -0.25) is 14.2 Å². The molecule has 1 saturated heterocycles. The molecule has 2 heterocycles. The maximum atomic E-state index is 13.0. The summed E-state index contributed by atoms with van der Waals surface area (Å²) in [6.45, 7) is 2.59. The normalized spacial score (nSPS) is 16.8. The summed E-state index contributed by atoms with van der Waals surface area (Å²) in [5.74, 6) is -0.272. The van der Waals surface area contributed by atoms with Crippen LogP contribution in [0.2, 0.25) is 0 Å². The van der Waals surface area contributed by atoms with Gasteiger partial charge in [0.05, 0.1) is 42.0 Å². The molecule has 3 rings (SSSR count). The van der Waals surface area contributed by atoms with Crippen molar-refractivity contribution in [3.05, 3.63) is 34.1 Å². The predicted octanol–water partition coefficient (Wildman–Crippen LogP) is 2.04. The second-order valence-electron chi connectivity index (χ2n) is 6.16. The number of ether oxygens (including phenoxy) is 2. The second-order valence-corrected chi connectivity index (χ2v) is 7.10. The Morgan fingerprint density at radius 3 is 2.88 bits per heavy atom. The summed E-state index contributed by atoms with van der Waals surface area (Å²) in [6, 6.07) is 4.68. The number of Topliss-reactive ketones (excluding diaryl/α,β-unsaturated/α-hetero) is 1. The molecule has 138 valence electrons. The molecule has 1 aliphatic heterocycles. The van der Waals surface area contributed by atoms with E-state index in [9.17, 15) is 14.4 Å². The SMILES string of the molecule is COC(=O)c1ccc2c(=O)n(C[C@@H]3CCCO3)c(SCC(C)=O)nc2c1. The fraction of sp³-hybridized carbons (Fsp3) is 0.444. The fourth-order valence-corrected chi connectivity index (χ4v) is 3.68. The molecule has 8 heteroatoms. The first-order valence-corrected chi connectivity index (χ1v) is 9.35. The number of hydrogen-bond acceptors (Lipinski definition) is 7. The van der Waals surface area contributed by atoms with E-state index in [0.717, 1.165) is 12.8 Å². The molecule has 2 aromatic rings. The van der Waals surface area contributed by atoms with Crippen molar-refractivity contribution < 1.29 is 19.1 Å². The van der Waals surface area contributed by atoms with Gasteiger partial charge in [-0.2, -0.15) is 0 Å². The van der Waals surface area contributed by atoms with Gasteiger partial charge in [0.2, 0.25) is 0 Å². The average Bonchev–Trinajstić information content (AvgIpc) is 3.14. The molecule has 26 heavy (non-hydrogen) atoms. The van der Waals surface area contributed by atoms with E-state index in [0.29, 0.717) is 34.8 Å². The van der Waals surface area contributed by atoms with Gasteiger partial charge in [0, 0.05) is 6.61 Å². The largest absolute Gasteiger partial charge is 0.465 e. The van der Waals surface area contributed by atoms with Crippen molar-refractivity contribution in [2.24, 2.45) is 0 Å². The van der Waals surface area contributed by atoms with Crippen LogP contribution in [0.25, 0.3) is 10.9 Å². The molecule has 1 aromatic heterocycles. The first kappa shape index (κ1) is 18.6. The summed E-state index contributed by atoms with van der Waals surface area (Å²) in [7, 11) is 1.30. The molecule has 0 unspecified atom stereocenters. The number of fused-ring (bicyclic) bond motifs is 1. The number of ketones is 1. The maximum absolute atomic E-state index is 13.0. The average molecular weight is 376 g/mol. The first-order chi connectivity index (χ1) is 12.5. The smallest absolute Gasteiger partial charge is 0.337 e. The van der Waals surface area contributed by atoms with E-state index < -0.39 is 5.97 Å². The quantitative estimate of drug-likeness (QED) is 0.433. The van der Waals surface area contributed by atoms with Crippen molar-refractivity contribution >= 4 is 34.4 Å². The topological polar surface area (TPSA) is 87.5 Å². The Kier molecular flexibility index (Phi) is 5.73. The summed E-state index contributed by atoms with van der Waals surface area (Å²) in [5, 5.41) is 0.873. The van der Waals surface area contributed by atoms with Crippen LogP contribution < -0.4 is 5.56 Å². The second kappa shape index (κ2) is 8.01. The molecule has 0 spiro atoms. The number of thioether (sulfide) groups is 1. The summed E-state index contributed by atoms with van der Waals surface area (Å²) in [6.07, 6.45) is 1.83. The van der Waals surface area contributed by atoms with Crippen LogP contribution in [0, 0.1) is 0 Å². The molecular formula is C18H20N2O5S. The third-order valence-electron chi connectivity index (χ3n) is 4.16. The van der Waals surface area contributed by atoms with Crippen LogP contribution in [0.1, 0.15) is 30.1 Å². The number of carbonyl (C=O) groups is 2. The number of rotatable bonds is 6. The Labute approximate surface area is 154 Å². The van der Waals surface area contributed by atoms with Gasteiger partial charge in [-0.25, -0.2) is 9.78 Å². The molecule has 0 radical (unpaired) electrons. The summed E-state index contributed by atoms with van der Waals surface area (Å²) < 4.78 is 11.9. The van der Waals surface area contributed by atoms with Crippen LogP contribution in [0.5, 0.6) is 0 Å². The Balaban J connectivity index is 2.08. The third-order valence-corrected chi connectivity index (χ3v) is 5.28. The predicted molar refractivity (Wildman–Crippen MR) is 97.7 cm³/mol. The van der Waals surface area contributed by atoms with E-state index in [1.807, 2.05) is 0 Å². The zero-order chi connectivity index (χ0) is 18.7. The summed E-state index contributed by atoms with van der Waals surface area (Å²) >= 11 is 1.22. The zero-order valence-electron chi connectivity index (χ0n) is 14.7. The Hall–Kier alpha value is -2.19. The highest BCUT2D eigenvalue weighted by Gasteiger charge is 2.21. The maximum Gasteiger partial charge on any atom is 0.337 e. The Morgan fingerprint density at radius 1 is 1.42 bits per heavy atom. The summed E-state index contributed by atoms with van der Waals surface area (Å²) in [4.78, 5) is 40.6. The van der Waals surface area contributed by atoms with Crippen LogP contribution >= 0.6 is 11.8 Å². The van der Waals surface area contributed by atoms with E-state index in [1.165, 1.54) is 31.9 Å². The van der Waals surface area contributed by atoms with Crippen molar-refractivity contribution in [3.63, 3.8) is 0 Å². The van der Waals surface area contributed by atoms with Crippen LogP contribution in [0.4, 0.5) is 0 Å². The van der Waals surface area contributed by atoms with E-state index >= 15 is 0 Å². The lowest BCUT2D eigenvalue weighted by Gasteiger charge is -2.16. The van der Waals surface area contributed by atoms with Gasteiger partial charge < -0.3 is 9.47 Å². The molecule has 1 atom stereocenters. The van der Waals surface area contributed by atoms with E-state index in [-0.39, 0.29) is 23.2 Å². The minimum Gasteiger partial charge on any atom is -0.465 e. The highest BCUT2D eigenvalue weighted by Crippen LogP contribution is 2.22. The van der Waals surface area contributed by atoms with Gasteiger partial charge in [0.1, 0.15) is 5.78 Å². The van der Waals surface area contributed by atoms with Crippen LogP contribution in [0.3, 0.4) is 0 Å². The number of hydrogen-bond donors (Lipinski definition) is 0. The molecule has 1 aromatic carbocycles. The third kappa shape index (κ3) is 3.96. The molecule has 0 N–H and O–H groups in total. The molecule has 7 nitrogen and oxygen atoms in total. The van der Waals surface area contributed by atoms with Crippen molar-refractivity contribution in [1.82, 2.24) is 9.55 Å². The van der Waals surface area contributed by atoms with Crippen LogP contribution in [-0.4, -0.2) is 46.9 Å². The van der Waals surface area contributed by atoms with E-state index in [4.69, 9.17) is 9.47 Å².